The van der Waals surface area contributed by atoms with Gasteiger partial charge in [-0.25, -0.2) is 8.42 Å². The van der Waals surface area contributed by atoms with E-state index >= 15 is 0 Å². The van der Waals surface area contributed by atoms with E-state index in [4.69, 9.17) is 0 Å². The molecule has 1 aliphatic carbocycles. The number of likely N-dealkylation sites (N-methyl/N-ethyl adjacent to an activating group) is 1. The molecule has 0 saturated heterocycles. The third kappa shape index (κ3) is 3.50. The van der Waals surface area contributed by atoms with Crippen LogP contribution in [0.4, 0.5) is 0 Å². The molecule has 3 rings (SSSR count). The van der Waals surface area contributed by atoms with Crippen molar-refractivity contribution in [2.75, 3.05) is 13.6 Å². The lowest BCUT2D eigenvalue weighted by Crippen LogP contribution is -2.31. The standard InChI is InChI=1S/C16H19N3O4S2/c1-19(9-14(20)11-5-7-17-8-6-11)25(22,23)15-10-24-16-12(15)3-2-4-13(16)18-21/h5-8,10,13-14,20H,2-4,9H2,1H3. The largest absolute Gasteiger partial charge is 0.387 e. The number of aliphatic hydroxyl groups is 1. The number of hydrogen-bond donors (Lipinski definition) is 1. The van der Waals surface area contributed by atoms with E-state index in [1.54, 1.807) is 29.9 Å². The van der Waals surface area contributed by atoms with E-state index in [1.165, 1.54) is 18.4 Å². The molecule has 2 heterocycles. The second-order valence-corrected chi connectivity index (χ2v) is 8.96. The third-order valence-corrected chi connectivity index (χ3v) is 7.60. The van der Waals surface area contributed by atoms with Crippen molar-refractivity contribution in [3.8, 4) is 0 Å². The predicted octanol–water partition coefficient (Wildman–Crippen LogP) is 2.64. The Balaban J connectivity index is 1.84. The second-order valence-electron chi connectivity index (χ2n) is 6.04. The number of aromatic nitrogens is 1. The molecule has 25 heavy (non-hydrogen) atoms. The molecular formula is C16H19N3O4S2. The van der Waals surface area contributed by atoms with Gasteiger partial charge in [0.1, 0.15) is 6.04 Å². The van der Waals surface area contributed by atoms with E-state index in [9.17, 15) is 18.4 Å². The summed E-state index contributed by atoms with van der Waals surface area (Å²) < 4.78 is 27.0. The maximum Gasteiger partial charge on any atom is 0.244 e. The highest BCUT2D eigenvalue weighted by Gasteiger charge is 2.32. The summed E-state index contributed by atoms with van der Waals surface area (Å²) in [4.78, 5) is 15.8. The SMILES string of the molecule is CN(CC(O)c1ccncc1)S(=O)(=O)c1csc2c1CCCC2N=O. The highest BCUT2D eigenvalue weighted by Crippen LogP contribution is 2.41. The first kappa shape index (κ1) is 18.1. The van der Waals surface area contributed by atoms with Crippen LogP contribution in [0.1, 0.15) is 41.0 Å². The van der Waals surface area contributed by atoms with Crippen molar-refractivity contribution in [2.24, 2.45) is 5.18 Å². The van der Waals surface area contributed by atoms with Gasteiger partial charge in [-0.1, -0.05) is 5.18 Å². The van der Waals surface area contributed by atoms with Gasteiger partial charge in [-0.05, 0) is 42.5 Å². The number of pyridine rings is 1. The first-order chi connectivity index (χ1) is 11.9. The van der Waals surface area contributed by atoms with E-state index in [0.717, 1.165) is 15.6 Å². The molecule has 2 aromatic rings. The maximum atomic E-state index is 12.9. The average Bonchev–Trinajstić information content (AvgIpc) is 3.07. The van der Waals surface area contributed by atoms with Crippen molar-refractivity contribution in [1.29, 1.82) is 0 Å². The lowest BCUT2D eigenvalue weighted by atomic mass is 9.96. The van der Waals surface area contributed by atoms with Gasteiger partial charge in [0, 0.05) is 36.2 Å². The fraction of sp³-hybridized carbons (Fsp3) is 0.438. The lowest BCUT2D eigenvalue weighted by Gasteiger charge is -2.22. The van der Waals surface area contributed by atoms with Gasteiger partial charge in [-0.15, -0.1) is 11.3 Å². The van der Waals surface area contributed by atoms with Crippen LogP contribution in [0.15, 0.2) is 40.0 Å². The molecule has 1 N–H and O–H groups in total. The Morgan fingerprint density at radius 3 is 2.84 bits per heavy atom. The van der Waals surface area contributed by atoms with Crippen molar-refractivity contribution < 1.29 is 13.5 Å². The number of aliphatic hydroxyl groups excluding tert-OH is 1. The monoisotopic (exact) mass is 381 g/mol. The zero-order valence-electron chi connectivity index (χ0n) is 13.7. The number of rotatable bonds is 6. The fourth-order valence-electron chi connectivity index (χ4n) is 3.03. The lowest BCUT2D eigenvalue weighted by molar-refractivity contribution is 0.155. The van der Waals surface area contributed by atoms with Crippen LogP contribution in [-0.2, 0) is 16.4 Å². The van der Waals surface area contributed by atoms with Crippen molar-refractivity contribution in [2.45, 2.75) is 36.3 Å². The van der Waals surface area contributed by atoms with Crippen LogP contribution in [-0.4, -0.2) is 36.4 Å². The Bertz CT molecular complexity index is 852. The van der Waals surface area contributed by atoms with Gasteiger partial charge in [-0.2, -0.15) is 9.21 Å². The maximum absolute atomic E-state index is 12.9. The smallest absolute Gasteiger partial charge is 0.244 e. The van der Waals surface area contributed by atoms with Crippen molar-refractivity contribution >= 4 is 21.4 Å². The van der Waals surface area contributed by atoms with Crippen LogP contribution in [0.2, 0.25) is 0 Å². The van der Waals surface area contributed by atoms with E-state index in [1.807, 2.05) is 0 Å². The summed E-state index contributed by atoms with van der Waals surface area (Å²) in [6.07, 6.45) is 4.19. The molecule has 134 valence electrons. The summed E-state index contributed by atoms with van der Waals surface area (Å²) in [7, 11) is -2.30. The van der Waals surface area contributed by atoms with Crippen molar-refractivity contribution in [3.63, 3.8) is 0 Å². The third-order valence-electron chi connectivity index (χ3n) is 4.43. The molecule has 0 bridgehead atoms. The fourth-order valence-corrected chi connectivity index (χ4v) is 5.97. The molecule has 2 unspecified atom stereocenters. The summed E-state index contributed by atoms with van der Waals surface area (Å²) in [6, 6.07) is 2.85. The minimum atomic E-state index is -3.75. The molecule has 0 fully saturated rings. The first-order valence-corrected chi connectivity index (χ1v) is 10.2. The highest BCUT2D eigenvalue weighted by molar-refractivity contribution is 7.89. The van der Waals surface area contributed by atoms with Crippen LogP contribution >= 0.6 is 11.3 Å². The summed E-state index contributed by atoms with van der Waals surface area (Å²) in [6.45, 7) is -0.0632. The zero-order chi connectivity index (χ0) is 18.0. The summed E-state index contributed by atoms with van der Waals surface area (Å²) in [5.74, 6) is 0. The molecule has 9 heteroatoms. The van der Waals surface area contributed by atoms with Crippen molar-refractivity contribution in [3.05, 3.63) is 50.8 Å². The molecular weight excluding hydrogens is 362 g/mol. The minimum Gasteiger partial charge on any atom is -0.387 e. The van der Waals surface area contributed by atoms with Gasteiger partial charge in [0.05, 0.1) is 11.0 Å². The quantitative estimate of drug-likeness (QED) is 0.775. The Kier molecular flexibility index (Phi) is 5.28. The van der Waals surface area contributed by atoms with E-state index in [-0.39, 0.29) is 11.4 Å². The Labute approximate surface area is 150 Å². The van der Waals surface area contributed by atoms with Gasteiger partial charge in [-0.3, -0.25) is 4.98 Å². The molecule has 0 aliphatic heterocycles. The van der Waals surface area contributed by atoms with Crippen LogP contribution in [0.25, 0.3) is 0 Å². The van der Waals surface area contributed by atoms with Crippen LogP contribution in [0, 0.1) is 4.91 Å². The molecule has 1 aliphatic rings. The Morgan fingerprint density at radius 1 is 1.44 bits per heavy atom. The van der Waals surface area contributed by atoms with Gasteiger partial charge in [0.15, 0.2) is 0 Å². The van der Waals surface area contributed by atoms with E-state index in [2.05, 4.69) is 10.2 Å². The summed E-state index contributed by atoms with van der Waals surface area (Å²) in [5.41, 5.74) is 1.31. The Hall–Kier alpha value is -1.68. The van der Waals surface area contributed by atoms with Gasteiger partial charge in [0.25, 0.3) is 0 Å². The number of thiophene rings is 1. The van der Waals surface area contributed by atoms with Crippen LogP contribution in [0.5, 0.6) is 0 Å². The van der Waals surface area contributed by atoms with Crippen LogP contribution < -0.4 is 0 Å². The summed E-state index contributed by atoms with van der Waals surface area (Å²) >= 11 is 1.27. The number of fused-ring (bicyclic) bond motifs is 1. The Morgan fingerprint density at radius 2 is 2.16 bits per heavy atom. The average molecular weight is 381 g/mol. The molecule has 2 atom stereocenters. The summed E-state index contributed by atoms with van der Waals surface area (Å²) in [5, 5.41) is 15.0. The topological polar surface area (TPSA) is 99.9 Å². The number of hydrogen-bond acceptors (Lipinski definition) is 7. The van der Waals surface area contributed by atoms with Gasteiger partial charge >= 0.3 is 0 Å². The normalized spacial score (nSPS) is 18.8. The van der Waals surface area contributed by atoms with Gasteiger partial charge < -0.3 is 5.11 Å². The van der Waals surface area contributed by atoms with Crippen LogP contribution in [0.3, 0.4) is 0 Å². The number of nitroso groups, excluding NO2 is 1. The van der Waals surface area contributed by atoms with E-state index < -0.39 is 22.2 Å². The molecule has 0 amide bonds. The molecule has 0 spiro atoms. The first-order valence-electron chi connectivity index (χ1n) is 7.92. The molecule has 0 radical (unpaired) electrons. The molecule has 0 saturated carbocycles. The predicted molar refractivity (Wildman–Crippen MR) is 94.8 cm³/mol. The van der Waals surface area contributed by atoms with Gasteiger partial charge in [0.2, 0.25) is 10.0 Å². The molecule has 7 nitrogen and oxygen atoms in total. The highest BCUT2D eigenvalue weighted by atomic mass is 32.2. The number of sulfonamides is 1. The van der Waals surface area contributed by atoms with E-state index in [0.29, 0.717) is 24.0 Å². The number of nitrogens with zero attached hydrogens (tertiary/aromatic N) is 3. The zero-order valence-corrected chi connectivity index (χ0v) is 15.3. The molecule has 0 aromatic carbocycles. The molecule has 2 aromatic heterocycles. The van der Waals surface area contributed by atoms with Crippen molar-refractivity contribution in [1.82, 2.24) is 9.29 Å². The second kappa shape index (κ2) is 7.28. The minimum absolute atomic E-state index is 0.0632.